The first-order chi connectivity index (χ1) is 22.3. The van der Waals surface area contributed by atoms with Gasteiger partial charge < -0.3 is 35.3 Å². The molecule has 47 heavy (non-hydrogen) atoms. The Morgan fingerprint density at radius 1 is 0.851 bits per heavy atom. The average Bonchev–Trinajstić information content (AvgIpc) is 3.58. The van der Waals surface area contributed by atoms with Crippen molar-refractivity contribution in [1.29, 1.82) is 0 Å². The van der Waals surface area contributed by atoms with Crippen LogP contribution < -0.4 is 16.4 Å². The molecule has 1 aromatic rings. The van der Waals surface area contributed by atoms with E-state index in [0.717, 1.165) is 82.4 Å². The molecule has 0 aliphatic heterocycles. The predicted molar refractivity (Wildman–Crippen MR) is 194 cm³/mol. The van der Waals surface area contributed by atoms with Crippen LogP contribution >= 0.6 is 39.5 Å². The summed E-state index contributed by atoms with van der Waals surface area (Å²) in [6, 6.07) is 0. The van der Waals surface area contributed by atoms with Gasteiger partial charge in [0.2, 0.25) is 0 Å². The minimum atomic E-state index is -0.297. The third-order valence-corrected chi connectivity index (χ3v) is 12.1. The van der Waals surface area contributed by atoms with Crippen molar-refractivity contribution in [2.24, 2.45) is 11.1 Å². The fourth-order valence-electron chi connectivity index (χ4n) is 7.35. The zero-order valence-corrected chi connectivity index (χ0v) is 32.4. The maximum Gasteiger partial charge on any atom is 0.407 e. The Labute approximate surface area is 299 Å². The zero-order valence-electron chi connectivity index (χ0n) is 29.2. The summed E-state index contributed by atoms with van der Waals surface area (Å²) in [6.45, 7) is 12.8. The summed E-state index contributed by atoms with van der Waals surface area (Å²) in [5.74, 6) is 0. The molecule has 0 atom stereocenters. The minimum Gasteiger partial charge on any atom is -0.447 e. The number of alkyl carbamates (subject to hydrolysis) is 2. The van der Waals surface area contributed by atoms with Gasteiger partial charge in [-0.1, -0.05) is 28.1 Å². The first kappa shape index (κ1) is 39.9. The molecule has 1 aromatic heterocycles. The topological polar surface area (TPSA) is 134 Å². The number of hydrogen-bond acceptors (Lipinski definition) is 9. The molecule has 0 radical (unpaired) electrons. The number of carbonyl (C=O) groups is 2. The average molecular weight is 762 g/mol. The molecule has 4 bridgehead atoms. The van der Waals surface area contributed by atoms with Gasteiger partial charge in [-0.3, -0.25) is 0 Å². The summed E-state index contributed by atoms with van der Waals surface area (Å²) in [6.07, 6.45) is 13.5. The number of carbonyl (C=O) groups excluding carboxylic acids is 2. The summed E-state index contributed by atoms with van der Waals surface area (Å²) < 4.78 is 20.7. The van der Waals surface area contributed by atoms with E-state index in [1.165, 1.54) is 5.01 Å². The molecule has 6 saturated carbocycles. The number of amides is 2. The third-order valence-electron chi connectivity index (χ3n) is 10.2. The van der Waals surface area contributed by atoms with Gasteiger partial charge in [0.05, 0.1) is 27.5 Å². The first-order valence-corrected chi connectivity index (χ1v) is 19.6. The molecule has 13 heteroatoms. The molecule has 2 amide bonds. The first-order valence-electron chi connectivity index (χ1n) is 17.2. The second-order valence-electron chi connectivity index (χ2n) is 14.0. The van der Waals surface area contributed by atoms with Crippen molar-refractivity contribution in [2.45, 2.75) is 154 Å². The highest BCUT2D eigenvalue weighted by atomic mass is 79.9. The van der Waals surface area contributed by atoms with E-state index in [4.69, 9.17) is 36.9 Å². The molecule has 7 rings (SSSR count). The Bertz CT molecular complexity index is 1100. The lowest BCUT2D eigenvalue weighted by atomic mass is 9.57. The van der Waals surface area contributed by atoms with Crippen molar-refractivity contribution in [3.8, 4) is 0 Å². The molecule has 0 unspecified atom stereocenters. The van der Waals surface area contributed by atoms with Crippen LogP contribution in [0.15, 0.2) is 11.6 Å². The monoisotopic (exact) mass is 760 g/mol. The number of aromatic nitrogens is 1. The summed E-state index contributed by atoms with van der Waals surface area (Å²) in [7, 11) is 0. The van der Waals surface area contributed by atoms with E-state index in [9.17, 15) is 9.59 Å². The van der Waals surface area contributed by atoms with E-state index in [-0.39, 0.29) is 52.6 Å². The summed E-state index contributed by atoms with van der Waals surface area (Å²) in [5, 5.41) is 10.3. The Balaban J connectivity index is 0.000000206. The molecule has 0 saturated heterocycles. The minimum absolute atomic E-state index is 0.0367. The van der Waals surface area contributed by atoms with Crippen molar-refractivity contribution >= 4 is 56.7 Å². The molecule has 6 aliphatic rings. The quantitative estimate of drug-likeness (QED) is 0.117. The Morgan fingerprint density at radius 3 is 1.60 bits per heavy atom. The molecule has 0 spiro atoms. The van der Waals surface area contributed by atoms with Crippen molar-refractivity contribution in [3.05, 3.63) is 16.6 Å². The van der Waals surface area contributed by atoms with Crippen LogP contribution in [0, 0.1) is 5.41 Å². The highest BCUT2D eigenvalue weighted by Gasteiger charge is 2.52. The normalized spacial score (nSPS) is 29.0. The number of thiocarbonyl (C=S) groups is 1. The lowest BCUT2D eigenvalue weighted by Gasteiger charge is -2.52. The van der Waals surface area contributed by atoms with Gasteiger partial charge in [-0.15, -0.1) is 11.3 Å². The lowest BCUT2D eigenvalue weighted by Crippen LogP contribution is -2.59. The molecule has 6 fully saturated rings. The third kappa shape index (κ3) is 11.0. The van der Waals surface area contributed by atoms with Crippen molar-refractivity contribution in [3.63, 3.8) is 0 Å². The maximum absolute atomic E-state index is 11.9. The van der Waals surface area contributed by atoms with Gasteiger partial charge in [0, 0.05) is 46.7 Å². The van der Waals surface area contributed by atoms with E-state index in [2.05, 4.69) is 36.9 Å². The predicted octanol–water partition coefficient (Wildman–Crippen LogP) is 7.90. The number of fused-ring (bicyclic) bond motifs is 6. The highest BCUT2D eigenvalue weighted by Crippen LogP contribution is 2.54. The van der Waals surface area contributed by atoms with Crippen LogP contribution in [0.5, 0.6) is 0 Å². The van der Waals surface area contributed by atoms with Gasteiger partial charge in [0.15, 0.2) is 6.29 Å². The van der Waals surface area contributed by atoms with Crippen LogP contribution in [0.3, 0.4) is 0 Å². The highest BCUT2D eigenvalue weighted by molar-refractivity contribution is 9.09. The maximum atomic E-state index is 11.9. The van der Waals surface area contributed by atoms with Gasteiger partial charge in [0.25, 0.3) is 0 Å². The molecule has 4 N–H and O–H groups in total. The van der Waals surface area contributed by atoms with Crippen LogP contribution in [0.4, 0.5) is 9.59 Å². The van der Waals surface area contributed by atoms with Crippen LogP contribution in [0.1, 0.15) is 124 Å². The number of hydrogen-bond donors (Lipinski definition) is 3. The Hall–Kier alpha value is -1.54. The van der Waals surface area contributed by atoms with E-state index < -0.39 is 0 Å². The number of nitrogens with two attached hydrogens (primary N) is 1. The van der Waals surface area contributed by atoms with Gasteiger partial charge in [-0.25, -0.2) is 14.6 Å². The van der Waals surface area contributed by atoms with E-state index in [0.29, 0.717) is 18.2 Å². The zero-order chi connectivity index (χ0) is 34.7. The fourth-order valence-corrected chi connectivity index (χ4v) is 8.96. The van der Waals surface area contributed by atoms with E-state index in [1.54, 1.807) is 11.3 Å². The Kier molecular flexibility index (Phi) is 15.2. The lowest BCUT2D eigenvalue weighted by molar-refractivity contribution is -0.119. The van der Waals surface area contributed by atoms with Crippen LogP contribution in [-0.4, -0.2) is 70.3 Å². The molecule has 10 nitrogen and oxygen atoms in total. The molecular weight excluding hydrogens is 704 g/mol. The standard InChI is InChI=1S/C15H22N2O2S.C13H22N2O2S.C6H13BrO2/c1-11(2)19-13(18)17-15-6-3-14(4-7-15,5-8-15)12-16-9-10-20-12;1-9(2)17-11(16)15-13-6-3-12(4-7-13,5-8-13)10(14)18;1-3-8-6(5-7)9-4-2/h9-11H,3-8H2,1-2H3,(H,17,18);9H,3-8H2,1-2H3,(H2,14,18)(H,15,16);6H,3-5H2,1-2H3. The van der Waals surface area contributed by atoms with Gasteiger partial charge in [0.1, 0.15) is 0 Å². The summed E-state index contributed by atoms with van der Waals surface area (Å²) in [4.78, 5) is 28.8. The fraction of sp³-hybridized carbons (Fsp3) is 0.824. The Morgan fingerprint density at radius 2 is 1.28 bits per heavy atom. The van der Waals surface area contributed by atoms with E-state index >= 15 is 0 Å². The SMILES string of the molecule is CC(C)OC(=O)NC12CCC(C(N)=S)(CC1)CC2.CC(C)OC(=O)NC12CCC(c3nccs3)(CC1)CC2.CCOC(CBr)OCC. The van der Waals surface area contributed by atoms with E-state index in [1.807, 2.05) is 47.7 Å². The van der Waals surface area contributed by atoms with Crippen molar-refractivity contribution in [1.82, 2.24) is 15.6 Å². The number of rotatable bonds is 11. The van der Waals surface area contributed by atoms with Crippen LogP contribution in [0.2, 0.25) is 0 Å². The number of nitrogens with one attached hydrogen (secondary N) is 2. The largest absolute Gasteiger partial charge is 0.447 e. The second kappa shape index (κ2) is 17.9. The molecule has 268 valence electrons. The molecular formula is C34H57BrN4O6S2. The number of thiazole rings is 1. The molecule has 6 aliphatic carbocycles. The second-order valence-corrected chi connectivity index (χ2v) is 16.0. The number of alkyl halides is 1. The number of ether oxygens (including phenoxy) is 4. The number of nitrogens with zero attached hydrogens (tertiary/aromatic N) is 1. The van der Waals surface area contributed by atoms with Gasteiger partial charge >= 0.3 is 12.2 Å². The summed E-state index contributed by atoms with van der Waals surface area (Å²) in [5.41, 5.74) is 6.08. The van der Waals surface area contributed by atoms with Gasteiger partial charge in [-0.2, -0.15) is 0 Å². The van der Waals surface area contributed by atoms with Gasteiger partial charge in [-0.05, 0) is 119 Å². The van der Waals surface area contributed by atoms with Crippen LogP contribution in [0.25, 0.3) is 0 Å². The van der Waals surface area contributed by atoms with Crippen molar-refractivity contribution < 1.29 is 28.5 Å². The van der Waals surface area contributed by atoms with Crippen molar-refractivity contribution in [2.75, 3.05) is 18.5 Å². The molecule has 1 heterocycles. The van der Waals surface area contributed by atoms with Crippen LogP contribution in [-0.2, 0) is 24.4 Å². The number of halogens is 1. The summed E-state index contributed by atoms with van der Waals surface area (Å²) >= 11 is 10.2. The smallest absolute Gasteiger partial charge is 0.407 e. The molecule has 0 aromatic carbocycles.